The molecule has 2 atom stereocenters. The number of hydrogen-bond donors (Lipinski definition) is 3. The topological polar surface area (TPSA) is 129 Å². The standard InChI is InChI=1S/C24H38N4O5S/c1-34(32,33)28-16-8-10-19(17-28)23(29)27-21(24(30)31)12-6-4-2-3-5-11-20-14-13-18-9-7-15-25-22(18)26-20/h13-14,19,21H,2-12,15-17H2,1H3,(H,25,26)(H,27,29)(H,30,31)/t19-,21-/m0/s1. The van der Waals surface area contributed by atoms with Crippen LogP contribution in [-0.2, 0) is 32.5 Å². The molecule has 3 N–H and O–H groups in total. The second-order valence-corrected chi connectivity index (χ2v) is 11.5. The zero-order valence-corrected chi connectivity index (χ0v) is 20.9. The van der Waals surface area contributed by atoms with Gasteiger partial charge in [0.1, 0.15) is 11.9 Å². The third-order valence-corrected chi connectivity index (χ3v) is 7.99. The number of aliphatic carboxylic acids is 1. The van der Waals surface area contributed by atoms with Crippen LogP contribution in [0.25, 0.3) is 0 Å². The van der Waals surface area contributed by atoms with Crippen LogP contribution in [0.5, 0.6) is 0 Å². The first-order valence-electron chi connectivity index (χ1n) is 12.4. The van der Waals surface area contributed by atoms with Crippen LogP contribution in [0.15, 0.2) is 12.1 Å². The van der Waals surface area contributed by atoms with Crippen LogP contribution in [0.2, 0.25) is 0 Å². The summed E-state index contributed by atoms with van der Waals surface area (Å²) in [5.41, 5.74) is 2.41. The molecule has 2 aliphatic heterocycles. The second kappa shape index (κ2) is 12.5. The lowest BCUT2D eigenvalue weighted by atomic mass is 9.97. The lowest BCUT2D eigenvalue weighted by molar-refractivity contribution is -0.143. The van der Waals surface area contributed by atoms with Gasteiger partial charge in [-0.15, -0.1) is 0 Å². The van der Waals surface area contributed by atoms with Crippen LogP contribution >= 0.6 is 0 Å². The average molecular weight is 495 g/mol. The van der Waals surface area contributed by atoms with E-state index in [0.717, 1.165) is 75.7 Å². The number of carbonyl (C=O) groups is 2. The minimum absolute atomic E-state index is 0.117. The number of aromatic nitrogens is 1. The number of carboxylic acids is 1. The summed E-state index contributed by atoms with van der Waals surface area (Å²) < 4.78 is 24.8. The number of carbonyl (C=O) groups excluding carboxylic acids is 1. The maximum Gasteiger partial charge on any atom is 0.326 e. The number of hydrogen-bond acceptors (Lipinski definition) is 6. The average Bonchev–Trinajstić information content (AvgIpc) is 2.81. The molecule has 10 heteroatoms. The van der Waals surface area contributed by atoms with E-state index in [4.69, 9.17) is 4.98 Å². The minimum atomic E-state index is -3.35. The van der Waals surface area contributed by atoms with Gasteiger partial charge in [0.05, 0.1) is 12.2 Å². The number of unbranched alkanes of at least 4 members (excludes halogenated alkanes) is 4. The molecule has 34 heavy (non-hydrogen) atoms. The van der Waals surface area contributed by atoms with E-state index >= 15 is 0 Å². The summed E-state index contributed by atoms with van der Waals surface area (Å²) in [5.74, 6) is -0.885. The molecular formula is C24H38N4O5S. The molecule has 1 saturated heterocycles. The summed E-state index contributed by atoms with van der Waals surface area (Å²) in [6.45, 7) is 1.51. The Morgan fingerprint density at radius 1 is 1.21 bits per heavy atom. The van der Waals surface area contributed by atoms with Crippen LogP contribution in [0.3, 0.4) is 0 Å². The van der Waals surface area contributed by atoms with Gasteiger partial charge >= 0.3 is 5.97 Å². The molecular weight excluding hydrogens is 456 g/mol. The Labute approximate surface area is 202 Å². The molecule has 1 amide bonds. The molecule has 0 aliphatic carbocycles. The van der Waals surface area contributed by atoms with E-state index in [1.807, 2.05) is 0 Å². The SMILES string of the molecule is CS(=O)(=O)N1CCC[C@H](C(=O)N[C@@H](CCCCCCCc2ccc3c(n2)NCCC3)C(=O)O)C1. The van der Waals surface area contributed by atoms with E-state index in [2.05, 4.69) is 22.8 Å². The Bertz CT molecular complexity index is 953. The van der Waals surface area contributed by atoms with Gasteiger partial charge in [-0.3, -0.25) is 4.79 Å². The van der Waals surface area contributed by atoms with Crippen molar-refractivity contribution in [2.24, 2.45) is 5.92 Å². The third kappa shape index (κ3) is 7.94. The van der Waals surface area contributed by atoms with E-state index < -0.39 is 28.0 Å². The third-order valence-electron chi connectivity index (χ3n) is 6.72. The fourth-order valence-corrected chi connectivity index (χ4v) is 5.61. The zero-order valence-electron chi connectivity index (χ0n) is 20.1. The van der Waals surface area contributed by atoms with Crippen molar-refractivity contribution in [1.29, 1.82) is 0 Å². The highest BCUT2D eigenvalue weighted by Crippen LogP contribution is 2.21. The normalized spacial score (nSPS) is 19.6. The minimum Gasteiger partial charge on any atom is -0.480 e. The van der Waals surface area contributed by atoms with Crippen molar-refractivity contribution in [3.05, 3.63) is 23.4 Å². The van der Waals surface area contributed by atoms with Crippen molar-refractivity contribution in [3.63, 3.8) is 0 Å². The Hall–Kier alpha value is -2.20. The van der Waals surface area contributed by atoms with Gasteiger partial charge in [0.25, 0.3) is 0 Å². The van der Waals surface area contributed by atoms with Gasteiger partial charge in [0.2, 0.25) is 15.9 Å². The molecule has 1 aromatic heterocycles. The summed E-state index contributed by atoms with van der Waals surface area (Å²) in [6.07, 6.45) is 10.6. The Morgan fingerprint density at radius 3 is 2.74 bits per heavy atom. The number of sulfonamides is 1. The molecule has 190 valence electrons. The molecule has 9 nitrogen and oxygen atoms in total. The summed E-state index contributed by atoms with van der Waals surface area (Å²) in [6, 6.07) is 3.36. The van der Waals surface area contributed by atoms with E-state index in [1.165, 1.54) is 9.87 Å². The Balaban J connectivity index is 1.33. The lowest BCUT2D eigenvalue weighted by Crippen LogP contribution is -2.49. The number of pyridine rings is 1. The fraction of sp³-hybridized carbons (Fsp3) is 0.708. The van der Waals surface area contributed by atoms with Gasteiger partial charge in [-0.2, -0.15) is 0 Å². The zero-order chi connectivity index (χ0) is 24.6. The highest BCUT2D eigenvalue weighted by Gasteiger charge is 2.32. The largest absolute Gasteiger partial charge is 0.480 e. The first-order valence-corrected chi connectivity index (χ1v) is 14.3. The molecule has 3 heterocycles. The number of nitrogens with one attached hydrogen (secondary N) is 2. The summed E-state index contributed by atoms with van der Waals surface area (Å²) in [5, 5.41) is 15.5. The first-order chi connectivity index (χ1) is 16.2. The highest BCUT2D eigenvalue weighted by molar-refractivity contribution is 7.88. The predicted octanol–water partition coefficient (Wildman–Crippen LogP) is 2.56. The van der Waals surface area contributed by atoms with Crippen LogP contribution in [0.4, 0.5) is 5.82 Å². The molecule has 0 saturated carbocycles. The number of fused-ring (bicyclic) bond motifs is 1. The van der Waals surface area contributed by atoms with Gasteiger partial charge in [0.15, 0.2) is 0 Å². The quantitative estimate of drug-likeness (QED) is 0.381. The van der Waals surface area contributed by atoms with Crippen LogP contribution in [-0.4, -0.2) is 66.6 Å². The van der Waals surface area contributed by atoms with Crippen molar-refractivity contribution in [2.75, 3.05) is 31.2 Å². The number of rotatable bonds is 12. The van der Waals surface area contributed by atoms with Crippen molar-refractivity contribution in [2.45, 2.75) is 76.7 Å². The molecule has 0 spiro atoms. The molecule has 1 aromatic rings. The van der Waals surface area contributed by atoms with Gasteiger partial charge < -0.3 is 15.7 Å². The van der Waals surface area contributed by atoms with Crippen LogP contribution in [0, 0.1) is 5.92 Å². The van der Waals surface area contributed by atoms with E-state index in [1.54, 1.807) is 0 Å². The number of aryl methyl sites for hydroxylation is 2. The van der Waals surface area contributed by atoms with E-state index in [-0.39, 0.29) is 12.5 Å². The van der Waals surface area contributed by atoms with Crippen LogP contribution in [0.1, 0.15) is 69.0 Å². The van der Waals surface area contributed by atoms with Crippen LogP contribution < -0.4 is 10.6 Å². The first kappa shape index (κ1) is 26.4. The van der Waals surface area contributed by atoms with Crippen molar-refractivity contribution in [1.82, 2.24) is 14.6 Å². The van der Waals surface area contributed by atoms with Crippen molar-refractivity contribution >= 4 is 27.7 Å². The molecule has 3 rings (SSSR count). The number of carboxylic acid groups (broad SMARTS) is 1. The summed E-state index contributed by atoms with van der Waals surface area (Å²) >= 11 is 0. The monoisotopic (exact) mass is 494 g/mol. The lowest BCUT2D eigenvalue weighted by Gasteiger charge is -2.30. The smallest absolute Gasteiger partial charge is 0.326 e. The van der Waals surface area contributed by atoms with E-state index in [9.17, 15) is 23.1 Å². The molecule has 0 aromatic carbocycles. The van der Waals surface area contributed by atoms with Gasteiger partial charge in [-0.1, -0.05) is 31.7 Å². The summed E-state index contributed by atoms with van der Waals surface area (Å²) in [7, 11) is -3.35. The molecule has 0 radical (unpaired) electrons. The molecule has 2 aliphatic rings. The van der Waals surface area contributed by atoms with Gasteiger partial charge in [-0.25, -0.2) is 22.5 Å². The van der Waals surface area contributed by atoms with Gasteiger partial charge in [-0.05, 0) is 56.6 Å². The van der Waals surface area contributed by atoms with Crippen molar-refractivity contribution < 1.29 is 23.1 Å². The molecule has 0 bridgehead atoms. The number of amides is 1. The van der Waals surface area contributed by atoms with E-state index in [0.29, 0.717) is 25.8 Å². The predicted molar refractivity (Wildman–Crippen MR) is 131 cm³/mol. The number of piperidine rings is 1. The maximum atomic E-state index is 12.6. The van der Waals surface area contributed by atoms with Crippen molar-refractivity contribution in [3.8, 4) is 0 Å². The second-order valence-electron chi connectivity index (χ2n) is 9.51. The summed E-state index contributed by atoms with van der Waals surface area (Å²) in [4.78, 5) is 28.9. The highest BCUT2D eigenvalue weighted by atomic mass is 32.2. The molecule has 1 fully saturated rings. The Morgan fingerprint density at radius 2 is 1.97 bits per heavy atom. The molecule has 0 unspecified atom stereocenters. The van der Waals surface area contributed by atoms with Gasteiger partial charge in [0, 0.05) is 25.3 Å². The maximum absolute atomic E-state index is 12.6. The number of anilines is 1. The fourth-order valence-electron chi connectivity index (χ4n) is 4.70. The number of nitrogens with zero attached hydrogens (tertiary/aromatic N) is 2. The Kier molecular flexibility index (Phi) is 9.70.